The first-order chi connectivity index (χ1) is 12.6. The number of fused-ring (bicyclic) bond motifs is 2. The van der Waals surface area contributed by atoms with Gasteiger partial charge < -0.3 is 9.88 Å². The van der Waals surface area contributed by atoms with Gasteiger partial charge in [0.2, 0.25) is 5.91 Å². The predicted molar refractivity (Wildman–Crippen MR) is 107 cm³/mol. The van der Waals surface area contributed by atoms with Crippen molar-refractivity contribution in [3.8, 4) is 0 Å². The summed E-state index contributed by atoms with van der Waals surface area (Å²) in [6.07, 6.45) is 4.48. The Morgan fingerprint density at radius 1 is 1.00 bits per heavy atom. The molecule has 0 spiro atoms. The van der Waals surface area contributed by atoms with Crippen molar-refractivity contribution in [2.45, 2.75) is 52.1 Å². The number of hydrogen-bond acceptors (Lipinski definition) is 2. The van der Waals surface area contributed by atoms with Gasteiger partial charge in [-0.05, 0) is 37.6 Å². The Bertz CT molecular complexity index is 915. The fourth-order valence-electron chi connectivity index (χ4n) is 3.48. The standard InChI is InChI=1S/C22H26N2O2/c1-3-4-5-10-16(2)23-21(25)15-24-19-13-8-6-11-17(19)22(26)18-12-7-9-14-20(18)24/h6-9,11-14,16H,3-5,10,15H2,1-2H3,(H,23,25). The Morgan fingerprint density at radius 3 is 2.15 bits per heavy atom. The zero-order valence-corrected chi connectivity index (χ0v) is 15.5. The van der Waals surface area contributed by atoms with Crippen LogP contribution in [0.5, 0.6) is 0 Å². The number of benzene rings is 2. The molecule has 2 aromatic carbocycles. The Morgan fingerprint density at radius 2 is 1.58 bits per heavy atom. The number of unbranched alkanes of at least 4 members (excludes halogenated alkanes) is 2. The number of nitrogens with one attached hydrogen (secondary N) is 1. The van der Waals surface area contributed by atoms with Crippen molar-refractivity contribution in [3.63, 3.8) is 0 Å². The van der Waals surface area contributed by atoms with Gasteiger partial charge >= 0.3 is 0 Å². The van der Waals surface area contributed by atoms with Crippen LogP contribution < -0.4 is 10.7 Å². The number of amides is 1. The molecule has 3 rings (SSSR count). The summed E-state index contributed by atoms with van der Waals surface area (Å²) in [6.45, 7) is 4.43. The molecule has 1 atom stereocenters. The van der Waals surface area contributed by atoms with Crippen LogP contribution in [-0.4, -0.2) is 16.5 Å². The first-order valence-electron chi connectivity index (χ1n) is 9.41. The van der Waals surface area contributed by atoms with Crippen molar-refractivity contribution in [2.24, 2.45) is 0 Å². The van der Waals surface area contributed by atoms with E-state index in [1.807, 2.05) is 53.1 Å². The van der Waals surface area contributed by atoms with Gasteiger partial charge in [-0.15, -0.1) is 0 Å². The summed E-state index contributed by atoms with van der Waals surface area (Å²) in [5.41, 5.74) is 1.61. The molecule has 136 valence electrons. The number of nitrogens with zero attached hydrogens (tertiary/aromatic N) is 1. The molecule has 3 aromatic rings. The fourth-order valence-corrected chi connectivity index (χ4v) is 3.48. The zero-order valence-electron chi connectivity index (χ0n) is 15.5. The minimum atomic E-state index is -0.0204. The second-order valence-corrected chi connectivity index (χ2v) is 6.91. The average molecular weight is 350 g/mol. The highest BCUT2D eigenvalue weighted by Crippen LogP contribution is 2.19. The van der Waals surface area contributed by atoms with Gasteiger partial charge in [-0.25, -0.2) is 0 Å². The maximum atomic E-state index is 12.7. The Hall–Kier alpha value is -2.62. The summed E-state index contributed by atoms with van der Waals surface area (Å²) in [4.78, 5) is 25.4. The van der Waals surface area contributed by atoms with Crippen molar-refractivity contribution < 1.29 is 4.79 Å². The van der Waals surface area contributed by atoms with Crippen molar-refractivity contribution >= 4 is 27.7 Å². The molecule has 1 unspecified atom stereocenters. The van der Waals surface area contributed by atoms with Crippen LogP contribution in [0.2, 0.25) is 0 Å². The predicted octanol–water partition coefficient (Wildman–Crippen LogP) is 4.24. The SMILES string of the molecule is CCCCCC(C)NC(=O)Cn1c2ccccc2c(=O)c2ccccc21. The maximum Gasteiger partial charge on any atom is 0.240 e. The van der Waals surface area contributed by atoms with E-state index in [1.54, 1.807) is 0 Å². The van der Waals surface area contributed by atoms with Gasteiger partial charge in [-0.1, -0.05) is 50.5 Å². The second kappa shape index (κ2) is 8.17. The van der Waals surface area contributed by atoms with E-state index in [0.717, 1.165) is 23.9 Å². The van der Waals surface area contributed by atoms with Gasteiger partial charge in [0, 0.05) is 16.8 Å². The van der Waals surface area contributed by atoms with Crippen LogP contribution in [0.3, 0.4) is 0 Å². The molecule has 1 N–H and O–H groups in total. The summed E-state index contributed by atoms with van der Waals surface area (Å²) in [7, 11) is 0. The minimum absolute atomic E-state index is 0.0146. The Labute approximate surface area is 153 Å². The lowest BCUT2D eigenvalue weighted by atomic mass is 10.1. The highest BCUT2D eigenvalue weighted by atomic mass is 16.2. The summed E-state index contributed by atoms with van der Waals surface area (Å²) in [6, 6.07) is 15.1. The molecule has 0 aliphatic carbocycles. The molecule has 0 radical (unpaired) electrons. The van der Waals surface area contributed by atoms with Gasteiger partial charge in [0.15, 0.2) is 5.43 Å². The van der Waals surface area contributed by atoms with Crippen LogP contribution in [0.25, 0.3) is 21.8 Å². The molecule has 0 saturated carbocycles. The molecule has 4 nitrogen and oxygen atoms in total. The minimum Gasteiger partial charge on any atom is -0.352 e. The molecule has 1 amide bonds. The van der Waals surface area contributed by atoms with E-state index in [9.17, 15) is 9.59 Å². The summed E-state index contributed by atoms with van der Waals surface area (Å²) < 4.78 is 1.94. The third-order valence-electron chi connectivity index (χ3n) is 4.83. The molecule has 4 heteroatoms. The van der Waals surface area contributed by atoms with Gasteiger partial charge in [-0.2, -0.15) is 0 Å². The molecule has 1 heterocycles. The van der Waals surface area contributed by atoms with E-state index >= 15 is 0 Å². The Balaban J connectivity index is 1.92. The number of carbonyl (C=O) groups excluding carboxylic acids is 1. The highest BCUT2D eigenvalue weighted by Gasteiger charge is 2.14. The number of pyridine rings is 1. The van der Waals surface area contributed by atoms with Crippen LogP contribution in [-0.2, 0) is 11.3 Å². The van der Waals surface area contributed by atoms with Crippen LogP contribution in [0.1, 0.15) is 39.5 Å². The summed E-state index contributed by atoms with van der Waals surface area (Å²) >= 11 is 0. The lowest BCUT2D eigenvalue weighted by molar-refractivity contribution is -0.122. The van der Waals surface area contributed by atoms with Crippen LogP contribution in [0.15, 0.2) is 53.3 Å². The molecule has 0 bridgehead atoms. The molecule has 26 heavy (non-hydrogen) atoms. The molecule has 0 saturated heterocycles. The molecule has 1 aromatic heterocycles. The van der Waals surface area contributed by atoms with Crippen molar-refractivity contribution in [3.05, 3.63) is 58.8 Å². The number of hydrogen-bond donors (Lipinski definition) is 1. The van der Waals surface area contributed by atoms with E-state index in [2.05, 4.69) is 19.2 Å². The quantitative estimate of drug-likeness (QED) is 0.512. The number of carbonyl (C=O) groups is 1. The molecular weight excluding hydrogens is 324 g/mol. The molecular formula is C22H26N2O2. The summed E-state index contributed by atoms with van der Waals surface area (Å²) in [5.74, 6) is -0.0204. The third-order valence-corrected chi connectivity index (χ3v) is 4.83. The Kier molecular flexibility index (Phi) is 5.71. The van der Waals surface area contributed by atoms with E-state index in [0.29, 0.717) is 10.8 Å². The first-order valence-corrected chi connectivity index (χ1v) is 9.41. The maximum absolute atomic E-state index is 12.7. The monoisotopic (exact) mass is 350 g/mol. The molecule has 0 fully saturated rings. The van der Waals surface area contributed by atoms with Gasteiger partial charge in [0.25, 0.3) is 0 Å². The van der Waals surface area contributed by atoms with E-state index in [-0.39, 0.29) is 23.9 Å². The van der Waals surface area contributed by atoms with Crippen LogP contribution in [0.4, 0.5) is 0 Å². The van der Waals surface area contributed by atoms with E-state index in [1.165, 1.54) is 12.8 Å². The average Bonchev–Trinajstić information content (AvgIpc) is 2.65. The van der Waals surface area contributed by atoms with Gasteiger partial charge in [0.1, 0.15) is 6.54 Å². The third kappa shape index (κ3) is 3.79. The van der Waals surface area contributed by atoms with Crippen LogP contribution >= 0.6 is 0 Å². The van der Waals surface area contributed by atoms with E-state index < -0.39 is 0 Å². The van der Waals surface area contributed by atoms with E-state index in [4.69, 9.17) is 0 Å². The van der Waals surface area contributed by atoms with Crippen LogP contribution in [0, 0.1) is 0 Å². The van der Waals surface area contributed by atoms with Crippen molar-refractivity contribution in [1.82, 2.24) is 9.88 Å². The number of rotatable bonds is 7. The number of aromatic nitrogens is 1. The lowest BCUT2D eigenvalue weighted by Crippen LogP contribution is -2.35. The smallest absolute Gasteiger partial charge is 0.240 e. The van der Waals surface area contributed by atoms with Crippen molar-refractivity contribution in [2.75, 3.05) is 0 Å². The van der Waals surface area contributed by atoms with Gasteiger partial charge in [-0.3, -0.25) is 9.59 Å². The zero-order chi connectivity index (χ0) is 18.5. The normalized spacial score (nSPS) is 12.4. The molecule has 0 aliphatic heterocycles. The highest BCUT2D eigenvalue weighted by molar-refractivity contribution is 5.94. The second-order valence-electron chi connectivity index (χ2n) is 6.91. The largest absolute Gasteiger partial charge is 0.352 e. The first kappa shape index (κ1) is 18.2. The summed E-state index contributed by atoms with van der Waals surface area (Å²) in [5, 5.41) is 4.39. The number of para-hydroxylation sites is 2. The van der Waals surface area contributed by atoms with Gasteiger partial charge in [0.05, 0.1) is 11.0 Å². The molecule has 0 aliphatic rings. The fraction of sp³-hybridized carbons (Fsp3) is 0.364. The topological polar surface area (TPSA) is 51.1 Å². The van der Waals surface area contributed by atoms with Crippen molar-refractivity contribution in [1.29, 1.82) is 0 Å². The lowest BCUT2D eigenvalue weighted by Gasteiger charge is -2.17.